The van der Waals surface area contributed by atoms with E-state index in [1.807, 2.05) is 17.5 Å². The molecule has 2 rings (SSSR count). The second-order valence-corrected chi connectivity index (χ2v) is 6.16. The minimum Gasteiger partial charge on any atom is -0.394 e. The summed E-state index contributed by atoms with van der Waals surface area (Å²) in [5.41, 5.74) is 5.99. The van der Waals surface area contributed by atoms with E-state index in [9.17, 15) is 9.59 Å². The van der Waals surface area contributed by atoms with Crippen LogP contribution in [-0.4, -0.2) is 33.7 Å². The zero-order valence-electron chi connectivity index (χ0n) is 13.5. The molecule has 24 heavy (non-hydrogen) atoms. The van der Waals surface area contributed by atoms with Crippen molar-refractivity contribution in [3.63, 3.8) is 0 Å². The van der Waals surface area contributed by atoms with Crippen LogP contribution in [0.2, 0.25) is 0 Å². The molecular weight excluding hydrogens is 324 g/mol. The van der Waals surface area contributed by atoms with Crippen LogP contribution in [0.1, 0.15) is 13.0 Å². The third-order valence-corrected chi connectivity index (χ3v) is 4.36. The Morgan fingerprint density at radius 2 is 2.12 bits per heavy atom. The van der Waals surface area contributed by atoms with Crippen molar-refractivity contribution in [1.29, 1.82) is 0 Å². The lowest BCUT2D eigenvalue weighted by Gasteiger charge is -2.24. The van der Waals surface area contributed by atoms with Crippen LogP contribution in [0.25, 0.3) is 10.6 Å². The topological polar surface area (TPSA) is 81.2 Å². The van der Waals surface area contributed by atoms with Crippen LogP contribution < -0.4 is 11.3 Å². The second-order valence-electron chi connectivity index (χ2n) is 5.21. The van der Waals surface area contributed by atoms with Crippen molar-refractivity contribution in [3.8, 4) is 10.6 Å². The Morgan fingerprint density at radius 1 is 1.46 bits per heavy atom. The molecule has 0 unspecified atom stereocenters. The van der Waals surface area contributed by atoms with Gasteiger partial charge in [-0.2, -0.15) is 5.10 Å². The van der Waals surface area contributed by atoms with Crippen molar-refractivity contribution in [3.05, 3.63) is 59.2 Å². The van der Waals surface area contributed by atoms with Crippen molar-refractivity contribution in [1.82, 2.24) is 14.7 Å². The second kappa shape index (κ2) is 7.74. The monoisotopic (exact) mass is 344 g/mol. The van der Waals surface area contributed by atoms with Crippen molar-refractivity contribution < 1.29 is 4.79 Å². The van der Waals surface area contributed by atoms with Gasteiger partial charge < -0.3 is 10.6 Å². The highest BCUT2D eigenvalue weighted by molar-refractivity contribution is 7.13. The number of nitrogens with zero attached hydrogens (tertiary/aromatic N) is 3. The van der Waals surface area contributed by atoms with Crippen molar-refractivity contribution in [2.24, 2.45) is 0 Å². The summed E-state index contributed by atoms with van der Waals surface area (Å²) in [6.07, 6.45) is 3.25. The number of rotatable bonds is 7. The summed E-state index contributed by atoms with van der Waals surface area (Å²) >= 11 is 1.49. The van der Waals surface area contributed by atoms with Gasteiger partial charge in [-0.1, -0.05) is 18.2 Å². The number of hydrogen-bond donors (Lipinski definition) is 1. The number of hydrogen-bond acceptors (Lipinski definition) is 5. The Hall–Kier alpha value is -2.67. The first-order valence-corrected chi connectivity index (χ1v) is 8.31. The maximum Gasteiger partial charge on any atom is 0.290 e. The molecule has 0 saturated heterocycles. The molecule has 0 radical (unpaired) electrons. The number of aromatic nitrogens is 2. The van der Waals surface area contributed by atoms with E-state index in [0.29, 0.717) is 18.8 Å². The number of carbonyl (C=O) groups excluding carboxylic acids is 1. The van der Waals surface area contributed by atoms with E-state index in [1.165, 1.54) is 17.4 Å². The van der Waals surface area contributed by atoms with E-state index in [1.54, 1.807) is 24.0 Å². The van der Waals surface area contributed by atoms with E-state index >= 15 is 0 Å². The standard InChI is InChI=1S/C17H20N4O2S/c1-4-8-20(9-5-2)16(22)12(3)21-17(23)13(18)11-14(19-21)15-7-6-10-24-15/h4-7,10-12H,1-2,8-9,18H2,3H3/t12-/m1/s1. The number of thiophene rings is 1. The summed E-state index contributed by atoms with van der Waals surface area (Å²) in [4.78, 5) is 27.4. The Balaban J connectivity index is 2.42. The molecule has 0 fully saturated rings. The first-order valence-electron chi connectivity index (χ1n) is 7.43. The molecule has 2 heterocycles. The van der Waals surface area contributed by atoms with Crippen molar-refractivity contribution >= 4 is 22.9 Å². The summed E-state index contributed by atoms with van der Waals surface area (Å²) in [7, 11) is 0. The third kappa shape index (κ3) is 3.62. The van der Waals surface area contributed by atoms with Gasteiger partial charge in [0.05, 0.1) is 4.88 Å². The quantitative estimate of drug-likeness (QED) is 0.782. The molecular formula is C17H20N4O2S. The largest absolute Gasteiger partial charge is 0.394 e. The maximum atomic E-state index is 12.7. The lowest BCUT2D eigenvalue weighted by atomic mass is 10.2. The molecule has 1 atom stereocenters. The Morgan fingerprint density at radius 3 is 2.67 bits per heavy atom. The molecule has 0 aliphatic carbocycles. The van der Waals surface area contributed by atoms with Crippen LogP contribution in [0, 0.1) is 0 Å². The van der Waals surface area contributed by atoms with E-state index in [-0.39, 0.29) is 11.6 Å². The molecule has 2 aromatic heterocycles. The molecule has 0 saturated carbocycles. The van der Waals surface area contributed by atoms with E-state index in [0.717, 1.165) is 9.56 Å². The number of nitrogens with two attached hydrogens (primary N) is 1. The number of anilines is 1. The van der Waals surface area contributed by atoms with E-state index < -0.39 is 11.6 Å². The van der Waals surface area contributed by atoms with Crippen LogP contribution in [0.4, 0.5) is 5.69 Å². The van der Waals surface area contributed by atoms with Crippen molar-refractivity contribution in [2.45, 2.75) is 13.0 Å². The molecule has 0 aliphatic rings. The lowest BCUT2D eigenvalue weighted by molar-refractivity contribution is -0.133. The molecule has 1 amide bonds. The van der Waals surface area contributed by atoms with Gasteiger partial charge in [-0.25, -0.2) is 4.68 Å². The molecule has 2 N–H and O–H groups in total. The fraction of sp³-hybridized carbons (Fsp3) is 0.235. The molecule has 126 valence electrons. The zero-order valence-corrected chi connectivity index (χ0v) is 14.3. The fourth-order valence-electron chi connectivity index (χ4n) is 2.27. The SMILES string of the molecule is C=CCN(CC=C)C(=O)[C@@H](C)n1nc(-c2cccs2)cc(N)c1=O. The summed E-state index contributed by atoms with van der Waals surface area (Å²) < 4.78 is 1.14. The Kier molecular flexibility index (Phi) is 5.70. The van der Waals surface area contributed by atoms with Crippen LogP contribution in [0.3, 0.4) is 0 Å². The predicted octanol–water partition coefficient (Wildman–Crippen LogP) is 2.32. The molecule has 2 aromatic rings. The van der Waals surface area contributed by atoms with Crippen LogP contribution in [0.15, 0.2) is 53.7 Å². The minimum atomic E-state index is -0.778. The molecule has 6 nitrogen and oxygen atoms in total. The molecule has 0 aliphatic heterocycles. The number of amides is 1. The first kappa shape index (κ1) is 17.7. The third-order valence-electron chi connectivity index (χ3n) is 3.47. The maximum absolute atomic E-state index is 12.7. The van der Waals surface area contributed by atoms with Gasteiger partial charge in [-0.3, -0.25) is 9.59 Å². The highest BCUT2D eigenvalue weighted by atomic mass is 32.1. The van der Waals surface area contributed by atoms with Gasteiger partial charge in [0, 0.05) is 13.1 Å². The molecule has 0 bridgehead atoms. The Bertz CT molecular complexity index is 785. The highest BCUT2D eigenvalue weighted by Gasteiger charge is 2.23. The van der Waals surface area contributed by atoms with Gasteiger partial charge >= 0.3 is 0 Å². The van der Waals surface area contributed by atoms with Crippen LogP contribution >= 0.6 is 11.3 Å². The average molecular weight is 344 g/mol. The smallest absolute Gasteiger partial charge is 0.290 e. The van der Waals surface area contributed by atoms with E-state index in [4.69, 9.17) is 5.73 Å². The van der Waals surface area contributed by atoms with Gasteiger partial charge in [-0.05, 0) is 24.4 Å². The molecule has 0 spiro atoms. The number of nitrogen functional groups attached to an aromatic ring is 1. The minimum absolute atomic E-state index is 0.0621. The van der Waals surface area contributed by atoms with Gasteiger partial charge in [0.2, 0.25) is 5.91 Å². The summed E-state index contributed by atoms with van der Waals surface area (Å²) in [6, 6.07) is 4.53. The lowest BCUT2D eigenvalue weighted by Crippen LogP contribution is -2.41. The molecule has 0 aromatic carbocycles. The normalized spacial score (nSPS) is 11.7. The fourth-order valence-corrected chi connectivity index (χ4v) is 2.96. The first-order chi connectivity index (χ1) is 11.5. The summed E-state index contributed by atoms with van der Waals surface area (Å²) in [5.74, 6) is -0.243. The molecule has 7 heteroatoms. The highest BCUT2D eigenvalue weighted by Crippen LogP contribution is 2.23. The van der Waals surface area contributed by atoms with Gasteiger partial charge in [-0.15, -0.1) is 24.5 Å². The van der Waals surface area contributed by atoms with Crippen LogP contribution in [0.5, 0.6) is 0 Å². The van der Waals surface area contributed by atoms with Gasteiger partial charge in [0.25, 0.3) is 5.56 Å². The predicted molar refractivity (Wildman–Crippen MR) is 97.9 cm³/mol. The Labute approximate surface area is 144 Å². The van der Waals surface area contributed by atoms with Crippen LogP contribution in [-0.2, 0) is 4.79 Å². The average Bonchev–Trinajstić information content (AvgIpc) is 3.10. The number of carbonyl (C=O) groups is 1. The zero-order chi connectivity index (χ0) is 17.7. The van der Waals surface area contributed by atoms with E-state index in [2.05, 4.69) is 18.3 Å². The van der Waals surface area contributed by atoms with Gasteiger partial charge in [0.1, 0.15) is 17.4 Å². The summed E-state index contributed by atoms with van der Waals surface area (Å²) in [5, 5.41) is 6.24. The van der Waals surface area contributed by atoms with Gasteiger partial charge in [0.15, 0.2) is 0 Å². The van der Waals surface area contributed by atoms with Crippen molar-refractivity contribution in [2.75, 3.05) is 18.8 Å². The summed E-state index contributed by atoms with van der Waals surface area (Å²) in [6.45, 7) is 9.65.